The molecule has 2 rings (SSSR count). The minimum Gasteiger partial charge on any atom is -0.507 e. The van der Waals surface area contributed by atoms with Gasteiger partial charge in [0.1, 0.15) is 23.7 Å². The van der Waals surface area contributed by atoms with Gasteiger partial charge in [-0.15, -0.1) is 0 Å². The minimum absolute atomic E-state index is 0.139. The van der Waals surface area contributed by atoms with E-state index < -0.39 is 5.97 Å². The van der Waals surface area contributed by atoms with Crippen molar-refractivity contribution in [3.05, 3.63) is 59.2 Å². The van der Waals surface area contributed by atoms with Gasteiger partial charge in [-0.1, -0.05) is 50.2 Å². The van der Waals surface area contributed by atoms with E-state index in [0.29, 0.717) is 12.2 Å². The van der Waals surface area contributed by atoms with E-state index in [9.17, 15) is 9.90 Å². The number of aromatic carboxylic acids is 1. The number of rotatable bonds is 8. The Hall–Kier alpha value is -3.02. The Morgan fingerprint density at radius 2 is 1.81 bits per heavy atom. The van der Waals surface area contributed by atoms with Crippen molar-refractivity contribution in [3.63, 3.8) is 0 Å². The maximum absolute atomic E-state index is 10.8. The van der Waals surface area contributed by atoms with Crippen LogP contribution in [0.15, 0.2) is 47.6 Å². The van der Waals surface area contributed by atoms with E-state index in [0.717, 1.165) is 5.56 Å². The molecule has 0 heterocycles. The highest BCUT2D eigenvalue weighted by molar-refractivity contribution is 5.90. The van der Waals surface area contributed by atoms with Crippen LogP contribution in [0.1, 0.15) is 42.3 Å². The first-order chi connectivity index (χ1) is 12.8. The van der Waals surface area contributed by atoms with Crippen molar-refractivity contribution in [2.24, 2.45) is 5.16 Å². The molecule has 0 aliphatic rings. The summed E-state index contributed by atoms with van der Waals surface area (Å²) >= 11 is 0. The Morgan fingerprint density at radius 1 is 1.11 bits per heavy atom. The smallest absolute Gasteiger partial charge is 0.339 e. The molecule has 0 spiro atoms. The second-order valence-electron chi connectivity index (χ2n) is 7.10. The number of oxime groups is 1. The normalized spacial score (nSPS) is 11.5. The quantitative estimate of drug-likeness (QED) is 0.416. The number of hydrogen-bond acceptors (Lipinski definition) is 5. The summed E-state index contributed by atoms with van der Waals surface area (Å²) < 4.78 is 5.38. The number of benzene rings is 2. The Bertz CT molecular complexity index is 791. The summed E-state index contributed by atoms with van der Waals surface area (Å²) in [6, 6.07) is 12.5. The highest BCUT2D eigenvalue weighted by Gasteiger charge is 2.12. The summed E-state index contributed by atoms with van der Waals surface area (Å²) in [6.45, 7) is 7.01. The Labute approximate surface area is 159 Å². The molecule has 2 aromatic carbocycles. The van der Waals surface area contributed by atoms with Crippen LogP contribution >= 0.6 is 0 Å². The first-order valence-electron chi connectivity index (χ1n) is 8.69. The fourth-order valence-corrected chi connectivity index (χ4v) is 2.37. The Kier molecular flexibility index (Phi) is 6.82. The number of phenols is 1. The fraction of sp³-hybridized carbons (Fsp3) is 0.333. The van der Waals surface area contributed by atoms with Crippen LogP contribution in [-0.2, 0) is 16.7 Å². The third-order valence-electron chi connectivity index (χ3n) is 3.94. The molecule has 6 nitrogen and oxygen atoms in total. The molecule has 0 radical (unpaired) electrons. The van der Waals surface area contributed by atoms with Gasteiger partial charge < -0.3 is 19.8 Å². The lowest BCUT2D eigenvalue weighted by Gasteiger charge is -2.18. The van der Waals surface area contributed by atoms with Gasteiger partial charge in [-0.3, -0.25) is 0 Å². The second-order valence-corrected chi connectivity index (χ2v) is 7.10. The Balaban J connectivity index is 1.69. The average Bonchev–Trinajstić information content (AvgIpc) is 2.60. The fourth-order valence-electron chi connectivity index (χ4n) is 2.37. The zero-order chi connectivity index (χ0) is 19.9. The largest absolute Gasteiger partial charge is 0.507 e. The number of carboxylic acids is 1. The molecule has 0 amide bonds. The molecule has 2 aromatic rings. The van der Waals surface area contributed by atoms with Gasteiger partial charge in [0.25, 0.3) is 0 Å². The van der Waals surface area contributed by atoms with Gasteiger partial charge >= 0.3 is 5.97 Å². The predicted octanol–water partition coefficient (Wildman–Crippen LogP) is 4.01. The molecule has 6 heteroatoms. The average molecular weight is 371 g/mol. The van der Waals surface area contributed by atoms with Crippen molar-refractivity contribution in [3.8, 4) is 11.5 Å². The van der Waals surface area contributed by atoms with Crippen LogP contribution in [0.2, 0.25) is 0 Å². The third-order valence-corrected chi connectivity index (χ3v) is 3.94. The topological polar surface area (TPSA) is 88.4 Å². The lowest BCUT2D eigenvalue weighted by Crippen LogP contribution is -2.10. The van der Waals surface area contributed by atoms with E-state index in [1.807, 2.05) is 0 Å². The molecule has 0 bridgehead atoms. The van der Waals surface area contributed by atoms with Gasteiger partial charge in [0.05, 0.1) is 0 Å². The Morgan fingerprint density at radius 3 is 2.41 bits per heavy atom. The van der Waals surface area contributed by atoms with Crippen LogP contribution < -0.4 is 4.74 Å². The van der Waals surface area contributed by atoms with Gasteiger partial charge in [-0.25, -0.2) is 4.79 Å². The SMILES string of the molecule is CC(C)(C)c1ccc(CC=NOCCOc2ccc(C(=O)O)c(O)c2)cc1. The highest BCUT2D eigenvalue weighted by atomic mass is 16.6. The van der Waals surface area contributed by atoms with Crippen molar-refractivity contribution < 1.29 is 24.6 Å². The van der Waals surface area contributed by atoms with Crippen molar-refractivity contribution in [1.29, 1.82) is 0 Å². The van der Waals surface area contributed by atoms with E-state index in [1.54, 1.807) is 6.21 Å². The molecule has 0 atom stereocenters. The maximum Gasteiger partial charge on any atom is 0.339 e. The van der Waals surface area contributed by atoms with E-state index in [4.69, 9.17) is 14.7 Å². The summed E-state index contributed by atoms with van der Waals surface area (Å²) in [5.74, 6) is -1.16. The van der Waals surface area contributed by atoms with Crippen molar-refractivity contribution in [2.75, 3.05) is 13.2 Å². The predicted molar refractivity (Wildman–Crippen MR) is 104 cm³/mol. The van der Waals surface area contributed by atoms with E-state index in [2.05, 4.69) is 50.2 Å². The summed E-state index contributed by atoms with van der Waals surface area (Å²) in [6.07, 6.45) is 2.37. The lowest BCUT2D eigenvalue weighted by molar-refractivity contribution is 0.0693. The summed E-state index contributed by atoms with van der Waals surface area (Å²) in [5, 5.41) is 22.3. The van der Waals surface area contributed by atoms with Gasteiger partial charge in [0.15, 0.2) is 6.61 Å². The lowest BCUT2D eigenvalue weighted by atomic mass is 9.86. The molecule has 0 aliphatic heterocycles. The first-order valence-corrected chi connectivity index (χ1v) is 8.69. The molecule has 2 N–H and O–H groups in total. The number of carboxylic acid groups (broad SMARTS) is 1. The highest BCUT2D eigenvalue weighted by Crippen LogP contribution is 2.23. The van der Waals surface area contributed by atoms with Crippen molar-refractivity contribution >= 4 is 12.2 Å². The van der Waals surface area contributed by atoms with Crippen LogP contribution in [0.4, 0.5) is 0 Å². The monoisotopic (exact) mass is 371 g/mol. The molecule has 0 unspecified atom stereocenters. The van der Waals surface area contributed by atoms with Crippen LogP contribution in [0.25, 0.3) is 0 Å². The number of aromatic hydroxyl groups is 1. The standard InChI is InChI=1S/C21H25NO5/c1-21(2,3)16-6-4-15(5-7-16)10-11-22-27-13-12-26-17-8-9-18(20(24)25)19(23)14-17/h4-9,11,14,23H,10,12-13H2,1-3H3,(H,24,25). The van der Waals surface area contributed by atoms with Gasteiger partial charge in [0.2, 0.25) is 0 Å². The van der Waals surface area contributed by atoms with Crippen LogP contribution in [0.3, 0.4) is 0 Å². The first kappa shape index (κ1) is 20.3. The van der Waals surface area contributed by atoms with Crippen LogP contribution in [0, 0.1) is 0 Å². The maximum atomic E-state index is 10.8. The number of ether oxygens (including phenoxy) is 1. The van der Waals surface area contributed by atoms with Crippen LogP contribution in [-0.4, -0.2) is 35.6 Å². The number of carbonyl (C=O) groups is 1. The van der Waals surface area contributed by atoms with E-state index >= 15 is 0 Å². The van der Waals surface area contributed by atoms with Crippen molar-refractivity contribution in [2.45, 2.75) is 32.6 Å². The summed E-state index contributed by atoms with van der Waals surface area (Å²) in [5.41, 5.74) is 2.42. The third kappa shape index (κ3) is 6.33. The zero-order valence-corrected chi connectivity index (χ0v) is 15.8. The molecule has 0 fully saturated rings. The van der Waals surface area contributed by atoms with Crippen molar-refractivity contribution in [1.82, 2.24) is 0 Å². The minimum atomic E-state index is -1.19. The van der Waals surface area contributed by atoms with Gasteiger partial charge in [-0.05, 0) is 28.7 Å². The molecule has 0 saturated carbocycles. The molecule has 0 saturated heterocycles. The van der Waals surface area contributed by atoms with Gasteiger partial charge in [0, 0.05) is 18.7 Å². The van der Waals surface area contributed by atoms with Crippen LogP contribution in [0.5, 0.6) is 11.5 Å². The van der Waals surface area contributed by atoms with E-state index in [-0.39, 0.29) is 29.9 Å². The summed E-state index contributed by atoms with van der Waals surface area (Å²) in [7, 11) is 0. The zero-order valence-electron chi connectivity index (χ0n) is 15.8. The van der Waals surface area contributed by atoms with E-state index in [1.165, 1.54) is 23.8 Å². The molecule has 144 valence electrons. The molecular weight excluding hydrogens is 346 g/mol. The van der Waals surface area contributed by atoms with Gasteiger partial charge in [-0.2, -0.15) is 0 Å². The molecule has 0 aromatic heterocycles. The number of nitrogens with zero attached hydrogens (tertiary/aromatic N) is 1. The molecule has 0 aliphatic carbocycles. The molecular formula is C21H25NO5. The molecule has 27 heavy (non-hydrogen) atoms. The second kappa shape index (κ2) is 9.07. The number of hydrogen-bond donors (Lipinski definition) is 2. The summed E-state index contributed by atoms with van der Waals surface area (Å²) in [4.78, 5) is 16.0.